The number of rotatable bonds is 3. The molecule has 1 heterocycles. The summed E-state index contributed by atoms with van der Waals surface area (Å²) in [7, 11) is 0. The van der Waals surface area contributed by atoms with Gasteiger partial charge < -0.3 is 10.2 Å². The summed E-state index contributed by atoms with van der Waals surface area (Å²) >= 11 is 5.49. The van der Waals surface area contributed by atoms with Gasteiger partial charge in [-0.15, -0.1) is 0 Å². The molecule has 2 aromatic carbocycles. The Morgan fingerprint density at radius 1 is 1.11 bits per heavy atom. The largest absolute Gasteiger partial charge is 0.508 e. The van der Waals surface area contributed by atoms with Gasteiger partial charge in [0.25, 0.3) is 0 Å². The smallest absolute Gasteiger partial charge is 0.200 e. The lowest BCUT2D eigenvalue weighted by atomic mass is 9.86. The maximum Gasteiger partial charge on any atom is 0.200 e. The van der Waals surface area contributed by atoms with Crippen LogP contribution in [-0.2, 0) is 11.8 Å². The number of aromatic hydroxyl groups is 2. The van der Waals surface area contributed by atoms with E-state index in [0.717, 1.165) is 34.4 Å². The van der Waals surface area contributed by atoms with Crippen LogP contribution < -0.4 is 0 Å². The third-order valence-electron chi connectivity index (χ3n) is 4.77. The first-order chi connectivity index (χ1) is 12.6. The summed E-state index contributed by atoms with van der Waals surface area (Å²) < 4.78 is 2.34. The molecule has 0 bridgehead atoms. The van der Waals surface area contributed by atoms with E-state index in [9.17, 15) is 10.2 Å². The first-order valence-electron chi connectivity index (χ1n) is 8.97. The molecule has 0 saturated heterocycles. The maximum atomic E-state index is 10.3. The van der Waals surface area contributed by atoms with Crippen molar-refractivity contribution in [1.82, 2.24) is 14.8 Å². The van der Waals surface area contributed by atoms with Crippen LogP contribution in [0.2, 0.25) is 0 Å². The number of aryl methyl sites for hydroxylation is 2. The van der Waals surface area contributed by atoms with E-state index in [1.807, 2.05) is 36.6 Å². The summed E-state index contributed by atoms with van der Waals surface area (Å²) in [6.07, 6.45) is 0.720. The minimum atomic E-state index is -0.212. The van der Waals surface area contributed by atoms with Crippen molar-refractivity contribution >= 4 is 12.2 Å². The van der Waals surface area contributed by atoms with Gasteiger partial charge in [-0.1, -0.05) is 27.7 Å². The Morgan fingerprint density at radius 3 is 2.44 bits per heavy atom. The third kappa shape index (κ3) is 3.49. The van der Waals surface area contributed by atoms with E-state index >= 15 is 0 Å². The van der Waals surface area contributed by atoms with E-state index in [2.05, 4.69) is 31.0 Å². The topological polar surface area (TPSA) is 74.1 Å². The second-order valence-corrected chi connectivity index (χ2v) is 8.18. The van der Waals surface area contributed by atoms with Crippen LogP contribution in [0.15, 0.2) is 30.3 Å². The quantitative estimate of drug-likeness (QED) is 0.545. The van der Waals surface area contributed by atoms with Crippen molar-refractivity contribution in [3.63, 3.8) is 0 Å². The van der Waals surface area contributed by atoms with Gasteiger partial charge in [0.05, 0.1) is 5.69 Å². The minimum absolute atomic E-state index is 0.212. The van der Waals surface area contributed by atoms with Crippen molar-refractivity contribution in [2.45, 2.75) is 46.5 Å². The number of nitrogens with one attached hydrogen (secondary N) is 1. The molecule has 3 aromatic rings. The number of hydrogen-bond donors (Lipinski definition) is 3. The summed E-state index contributed by atoms with van der Waals surface area (Å²) in [5.41, 5.74) is 4.13. The van der Waals surface area contributed by atoms with Crippen LogP contribution in [0.3, 0.4) is 0 Å². The second kappa shape index (κ2) is 6.85. The zero-order valence-corrected chi connectivity index (χ0v) is 17.1. The van der Waals surface area contributed by atoms with E-state index in [1.54, 1.807) is 12.1 Å². The van der Waals surface area contributed by atoms with Crippen molar-refractivity contribution in [2.75, 3.05) is 0 Å². The summed E-state index contributed by atoms with van der Waals surface area (Å²) in [6, 6.07) is 9.18. The monoisotopic (exact) mass is 383 g/mol. The van der Waals surface area contributed by atoms with E-state index < -0.39 is 0 Å². The van der Waals surface area contributed by atoms with Crippen molar-refractivity contribution in [2.24, 2.45) is 0 Å². The molecule has 5 nitrogen and oxygen atoms in total. The van der Waals surface area contributed by atoms with E-state index in [1.165, 1.54) is 0 Å². The Kier molecular flexibility index (Phi) is 4.86. The molecule has 0 amide bonds. The average Bonchev–Trinajstić information content (AvgIpc) is 2.96. The number of hydrogen-bond acceptors (Lipinski definition) is 4. The van der Waals surface area contributed by atoms with Crippen LogP contribution in [0.25, 0.3) is 17.1 Å². The molecule has 1 aromatic heterocycles. The molecule has 0 atom stereocenters. The van der Waals surface area contributed by atoms with Crippen molar-refractivity contribution in [3.8, 4) is 28.6 Å². The Hall–Kier alpha value is -2.60. The normalized spacial score (nSPS) is 11.7. The molecule has 3 N–H and O–H groups in total. The fourth-order valence-electron chi connectivity index (χ4n) is 3.24. The summed E-state index contributed by atoms with van der Waals surface area (Å²) in [4.78, 5) is 0. The molecule has 0 aliphatic carbocycles. The highest BCUT2D eigenvalue weighted by molar-refractivity contribution is 7.71. The van der Waals surface area contributed by atoms with Crippen molar-refractivity contribution in [3.05, 3.63) is 51.8 Å². The van der Waals surface area contributed by atoms with Crippen molar-refractivity contribution in [1.29, 1.82) is 0 Å². The number of aromatic amines is 1. The molecule has 0 fully saturated rings. The van der Waals surface area contributed by atoms with Crippen LogP contribution >= 0.6 is 12.2 Å². The Labute approximate surface area is 164 Å². The molecule has 0 spiro atoms. The Bertz CT molecular complexity index is 1060. The predicted octanol–water partition coefficient (Wildman–Crippen LogP) is 5.18. The highest BCUT2D eigenvalue weighted by Crippen LogP contribution is 2.35. The maximum absolute atomic E-state index is 10.3. The number of phenols is 2. The molecule has 0 aliphatic rings. The molecular weight excluding hydrogens is 358 g/mol. The van der Waals surface area contributed by atoms with E-state index in [4.69, 9.17) is 12.2 Å². The lowest BCUT2D eigenvalue weighted by Crippen LogP contribution is -2.12. The fourth-order valence-corrected chi connectivity index (χ4v) is 3.48. The average molecular weight is 384 g/mol. The van der Waals surface area contributed by atoms with E-state index in [0.29, 0.717) is 16.3 Å². The molecule has 27 heavy (non-hydrogen) atoms. The molecule has 142 valence electrons. The van der Waals surface area contributed by atoms with E-state index in [-0.39, 0.29) is 11.2 Å². The van der Waals surface area contributed by atoms with Crippen LogP contribution in [0.1, 0.15) is 44.4 Å². The standard InChI is InChI=1S/C21H25N3O2S/c1-6-13-10-15(12(2)9-18(13)26)19-22-23-20(27)24(19)14-7-8-17(25)16(11-14)21(3,4)5/h7-11,25-26H,6H2,1-5H3,(H,23,27). The summed E-state index contributed by atoms with van der Waals surface area (Å²) in [5.74, 6) is 1.23. The first kappa shape index (κ1) is 19.2. The Balaban J connectivity index is 2.25. The first-order valence-corrected chi connectivity index (χ1v) is 9.38. The number of H-pyrrole nitrogens is 1. The van der Waals surface area contributed by atoms with Gasteiger partial charge >= 0.3 is 0 Å². The van der Waals surface area contributed by atoms with Gasteiger partial charge in [0.2, 0.25) is 0 Å². The SMILES string of the molecule is CCc1cc(-c2n[nH]c(=S)n2-c2ccc(O)c(C(C)(C)C)c2)c(C)cc1O. The van der Waals surface area contributed by atoms with Gasteiger partial charge in [0.15, 0.2) is 10.6 Å². The zero-order valence-electron chi connectivity index (χ0n) is 16.3. The van der Waals surface area contributed by atoms with Crippen LogP contribution in [-0.4, -0.2) is 25.0 Å². The number of aromatic nitrogens is 3. The highest BCUT2D eigenvalue weighted by atomic mass is 32.1. The Morgan fingerprint density at radius 2 is 1.81 bits per heavy atom. The molecule has 0 unspecified atom stereocenters. The number of phenolic OH excluding ortho intramolecular Hbond substituents is 2. The van der Waals surface area contributed by atoms with Gasteiger partial charge in [0, 0.05) is 11.1 Å². The number of benzene rings is 2. The second-order valence-electron chi connectivity index (χ2n) is 7.79. The van der Waals surface area contributed by atoms with Gasteiger partial charge in [-0.2, -0.15) is 5.10 Å². The molecule has 3 rings (SSSR count). The zero-order chi connectivity index (χ0) is 19.9. The van der Waals surface area contributed by atoms with Gasteiger partial charge in [-0.25, -0.2) is 0 Å². The summed E-state index contributed by atoms with van der Waals surface area (Å²) in [6.45, 7) is 10.1. The lowest BCUT2D eigenvalue weighted by molar-refractivity contribution is 0.446. The third-order valence-corrected chi connectivity index (χ3v) is 5.04. The fraction of sp³-hybridized carbons (Fsp3) is 0.333. The van der Waals surface area contributed by atoms with Crippen LogP contribution in [0.4, 0.5) is 0 Å². The lowest BCUT2D eigenvalue weighted by Gasteiger charge is -2.21. The highest BCUT2D eigenvalue weighted by Gasteiger charge is 2.21. The molecule has 0 radical (unpaired) electrons. The van der Waals surface area contributed by atoms with Crippen LogP contribution in [0.5, 0.6) is 11.5 Å². The molecule has 6 heteroatoms. The molecular formula is C21H25N3O2S. The predicted molar refractivity (Wildman–Crippen MR) is 110 cm³/mol. The van der Waals surface area contributed by atoms with Crippen LogP contribution in [0, 0.1) is 11.7 Å². The number of nitrogens with zero attached hydrogens (tertiary/aromatic N) is 2. The van der Waals surface area contributed by atoms with Gasteiger partial charge in [-0.05, 0) is 72.4 Å². The van der Waals surface area contributed by atoms with Crippen molar-refractivity contribution < 1.29 is 10.2 Å². The van der Waals surface area contributed by atoms with Gasteiger partial charge in [-0.3, -0.25) is 9.67 Å². The van der Waals surface area contributed by atoms with Gasteiger partial charge in [0.1, 0.15) is 11.5 Å². The molecule has 0 saturated carbocycles. The molecule has 0 aliphatic heterocycles. The minimum Gasteiger partial charge on any atom is -0.508 e. The summed E-state index contributed by atoms with van der Waals surface area (Å²) in [5, 5.41) is 27.7.